The molecule has 2 heterocycles. The van der Waals surface area contributed by atoms with E-state index in [2.05, 4.69) is 4.98 Å². The molecule has 0 amide bonds. The number of thiazole rings is 1. The Bertz CT molecular complexity index is 631. The largest absolute Gasteiger partial charge is 0.485 e. The fourth-order valence-electron chi connectivity index (χ4n) is 2.06. The Hall–Kier alpha value is -1.88. The molecule has 1 aromatic carbocycles. The minimum absolute atomic E-state index is 0.00764. The molecule has 20 heavy (non-hydrogen) atoms. The third-order valence-corrected chi connectivity index (χ3v) is 4.34. The number of ether oxygens (including phenoxy) is 2. The number of nitrogens with zero attached hydrogens (tertiary/aromatic N) is 1. The van der Waals surface area contributed by atoms with Crippen LogP contribution in [0.25, 0.3) is 0 Å². The number of benzene rings is 1. The lowest BCUT2D eigenvalue weighted by Crippen LogP contribution is -2.37. The predicted octanol–water partition coefficient (Wildman–Crippen LogP) is 2.71. The lowest BCUT2D eigenvalue weighted by molar-refractivity contribution is -0.127. The molecule has 0 saturated heterocycles. The Morgan fingerprint density at radius 1 is 1.35 bits per heavy atom. The number of ketones is 1. The molecule has 3 rings (SSSR count). The molecule has 1 aromatic heterocycles. The molecular weight excluding hydrogens is 274 g/mol. The summed E-state index contributed by atoms with van der Waals surface area (Å²) in [5, 5.41) is 0.840. The van der Waals surface area contributed by atoms with E-state index in [-0.39, 0.29) is 12.4 Å². The van der Waals surface area contributed by atoms with Crippen LogP contribution in [0.2, 0.25) is 0 Å². The maximum Gasteiger partial charge on any atom is 0.191 e. The summed E-state index contributed by atoms with van der Waals surface area (Å²) in [5.74, 6) is 1.33. The zero-order valence-electron chi connectivity index (χ0n) is 11.4. The number of Topliss-reactive ketones (excluding diaryl/α,β-unsaturated/α-hetero) is 1. The Kier molecular flexibility index (Phi) is 3.44. The highest BCUT2D eigenvalue weighted by Crippen LogP contribution is 2.31. The molecule has 104 valence electrons. The van der Waals surface area contributed by atoms with E-state index in [0.29, 0.717) is 17.9 Å². The first kappa shape index (κ1) is 13.1. The standard InChI is InChI=1S/C15H15NO3S/c1-9-10(2)20-15(16-9)7-11(17)14-8-18-12-5-3-4-6-13(12)19-14/h3-6,14H,7-8H2,1-2H3. The number of aryl methyl sites for hydroxylation is 2. The second-order valence-corrected chi connectivity index (χ2v) is 6.04. The van der Waals surface area contributed by atoms with Crippen LogP contribution >= 0.6 is 11.3 Å². The van der Waals surface area contributed by atoms with Gasteiger partial charge in [0.05, 0.1) is 12.1 Å². The molecule has 0 saturated carbocycles. The normalized spacial score (nSPS) is 17.0. The quantitative estimate of drug-likeness (QED) is 0.871. The van der Waals surface area contributed by atoms with E-state index in [9.17, 15) is 4.79 Å². The molecule has 1 unspecified atom stereocenters. The molecule has 0 fully saturated rings. The van der Waals surface area contributed by atoms with Gasteiger partial charge in [0.1, 0.15) is 11.6 Å². The highest BCUT2D eigenvalue weighted by molar-refractivity contribution is 7.11. The number of aromatic nitrogens is 1. The smallest absolute Gasteiger partial charge is 0.191 e. The van der Waals surface area contributed by atoms with E-state index < -0.39 is 6.10 Å². The van der Waals surface area contributed by atoms with Crippen LogP contribution in [-0.2, 0) is 11.2 Å². The van der Waals surface area contributed by atoms with Gasteiger partial charge in [-0.2, -0.15) is 0 Å². The topological polar surface area (TPSA) is 48.4 Å². The summed E-state index contributed by atoms with van der Waals surface area (Å²) in [6, 6.07) is 7.39. The molecule has 0 bridgehead atoms. The number of fused-ring (bicyclic) bond motifs is 1. The van der Waals surface area contributed by atoms with Gasteiger partial charge in [0.15, 0.2) is 23.4 Å². The summed E-state index contributed by atoms with van der Waals surface area (Å²) < 4.78 is 11.3. The fourth-order valence-corrected chi connectivity index (χ4v) is 3.00. The van der Waals surface area contributed by atoms with Gasteiger partial charge in [0, 0.05) is 4.88 Å². The lowest BCUT2D eigenvalue weighted by atomic mass is 10.1. The van der Waals surface area contributed by atoms with Crippen molar-refractivity contribution in [3.63, 3.8) is 0 Å². The first-order chi connectivity index (χ1) is 9.63. The van der Waals surface area contributed by atoms with Gasteiger partial charge in [-0.3, -0.25) is 4.79 Å². The Morgan fingerprint density at radius 2 is 2.10 bits per heavy atom. The summed E-state index contributed by atoms with van der Waals surface area (Å²) in [7, 11) is 0. The first-order valence-corrected chi connectivity index (χ1v) is 7.29. The average Bonchev–Trinajstić information content (AvgIpc) is 2.76. The van der Waals surface area contributed by atoms with Crippen molar-refractivity contribution in [3.05, 3.63) is 39.8 Å². The molecule has 0 spiro atoms. The minimum atomic E-state index is -0.547. The predicted molar refractivity (Wildman–Crippen MR) is 76.7 cm³/mol. The zero-order valence-corrected chi connectivity index (χ0v) is 12.2. The second kappa shape index (κ2) is 5.25. The molecule has 1 atom stereocenters. The van der Waals surface area contributed by atoms with Crippen molar-refractivity contribution in [2.75, 3.05) is 6.61 Å². The monoisotopic (exact) mass is 289 g/mol. The molecule has 0 radical (unpaired) electrons. The van der Waals surface area contributed by atoms with E-state index in [4.69, 9.17) is 9.47 Å². The van der Waals surface area contributed by atoms with Crippen molar-refractivity contribution in [2.45, 2.75) is 26.4 Å². The maximum atomic E-state index is 12.3. The summed E-state index contributed by atoms with van der Waals surface area (Å²) in [6.07, 6.45) is -0.246. The number of carbonyl (C=O) groups is 1. The third-order valence-electron chi connectivity index (χ3n) is 3.27. The first-order valence-electron chi connectivity index (χ1n) is 6.47. The van der Waals surface area contributed by atoms with E-state index in [1.54, 1.807) is 11.3 Å². The number of hydrogen-bond acceptors (Lipinski definition) is 5. The van der Waals surface area contributed by atoms with Crippen LogP contribution in [0.4, 0.5) is 0 Å². The summed E-state index contributed by atoms with van der Waals surface area (Å²) in [6.45, 7) is 4.23. The minimum Gasteiger partial charge on any atom is -0.485 e. The number of rotatable bonds is 3. The number of para-hydroxylation sites is 2. The van der Waals surface area contributed by atoms with Crippen LogP contribution in [0.1, 0.15) is 15.6 Å². The van der Waals surface area contributed by atoms with Gasteiger partial charge in [-0.05, 0) is 26.0 Å². The molecule has 1 aliphatic rings. The van der Waals surface area contributed by atoms with Gasteiger partial charge in [-0.25, -0.2) is 4.98 Å². The highest BCUT2D eigenvalue weighted by Gasteiger charge is 2.27. The molecular formula is C15H15NO3S. The van der Waals surface area contributed by atoms with Crippen molar-refractivity contribution < 1.29 is 14.3 Å². The van der Waals surface area contributed by atoms with Gasteiger partial charge in [-0.15, -0.1) is 11.3 Å². The SMILES string of the molecule is Cc1nc(CC(=O)C2COc3ccccc3O2)sc1C. The molecule has 4 nitrogen and oxygen atoms in total. The number of carbonyl (C=O) groups excluding carboxylic acids is 1. The van der Waals surface area contributed by atoms with Crippen molar-refractivity contribution in [2.24, 2.45) is 0 Å². The zero-order chi connectivity index (χ0) is 14.1. The average molecular weight is 289 g/mol. The van der Waals surface area contributed by atoms with Crippen LogP contribution in [0.15, 0.2) is 24.3 Å². The molecule has 1 aliphatic heterocycles. The van der Waals surface area contributed by atoms with Crippen LogP contribution < -0.4 is 9.47 Å². The van der Waals surface area contributed by atoms with Gasteiger partial charge in [0.25, 0.3) is 0 Å². The Balaban J connectivity index is 1.70. The lowest BCUT2D eigenvalue weighted by Gasteiger charge is -2.25. The fraction of sp³-hybridized carbons (Fsp3) is 0.333. The summed E-state index contributed by atoms with van der Waals surface area (Å²) in [4.78, 5) is 17.8. The van der Waals surface area contributed by atoms with Gasteiger partial charge in [-0.1, -0.05) is 12.1 Å². The van der Waals surface area contributed by atoms with Crippen molar-refractivity contribution in [1.29, 1.82) is 0 Å². The van der Waals surface area contributed by atoms with E-state index >= 15 is 0 Å². The molecule has 5 heteroatoms. The van der Waals surface area contributed by atoms with Crippen molar-refractivity contribution >= 4 is 17.1 Å². The van der Waals surface area contributed by atoms with Gasteiger partial charge >= 0.3 is 0 Å². The molecule has 2 aromatic rings. The van der Waals surface area contributed by atoms with E-state index in [0.717, 1.165) is 15.6 Å². The van der Waals surface area contributed by atoms with Gasteiger partial charge in [0.2, 0.25) is 0 Å². The van der Waals surface area contributed by atoms with Crippen LogP contribution in [0, 0.1) is 13.8 Å². The summed E-state index contributed by atoms with van der Waals surface area (Å²) >= 11 is 1.56. The van der Waals surface area contributed by atoms with E-state index in [1.165, 1.54) is 0 Å². The summed E-state index contributed by atoms with van der Waals surface area (Å²) in [5.41, 5.74) is 0.990. The number of hydrogen-bond donors (Lipinski definition) is 0. The van der Waals surface area contributed by atoms with Crippen molar-refractivity contribution in [3.8, 4) is 11.5 Å². The Morgan fingerprint density at radius 3 is 2.80 bits per heavy atom. The van der Waals surface area contributed by atoms with Crippen LogP contribution in [-0.4, -0.2) is 23.5 Å². The molecule has 0 N–H and O–H groups in total. The molecule has 0 aliphatic carbocycles. The van der Waals surface area contributed by atoms with Crippen molar-refractivity contribution in [1.82, 2.24) is 4.98 Å². The van der Waals surface area contributed by atoms with Gasteiger partial charge < -0.3 is 9.47 Å². The van der Waals surface area contributed by atoms with Crippen LogP contribution in [0.3, 0.4) is 0 Å². The highest BCUT2D eigenvalue weighted by atomic mass is 32.1. The maximum absolute atomic E-state index is 12.3. The van der Waals surface area contributed by atoms with E-state index in [1.807, 2.05) is 38.1 Å². The van der Waals surface area contributed by atoms with Crippen LogP contribution in [0.5, 0.6) is 11.5 Å². The second-order valence-electron chi connectivity index (χ2n) is 4.76. The third kappa shape index (κ3) is 2.54. The Labute approximate surface area is 121 Å².